The van der Waals surface area contributed by atoms with E-state index in [0.29, 0.717) is 17.4 Å². The van der Waals surface area contributed by atoms with Crippen LogP contribution in [0.5, 0.6) is 11.5 Å². The van der Waals surface area contributed by atoms with Gasteiger partial charge >= 0.3 is 0 Å². The third-order valence-electron chi connectivity index (χ3n) is 6.51. The number of ether oxygens (including phenoxy) is 2. The number of aryl methyl sites for hydroxylation is 1. The Bertz CT molecular complexity index is 1140. The highest BCUT2D eigenvalue weighted by Gasteiger charge is 2.43. The Kier molecular flexibility index (Phi) is 6.47. The van der Waals surface area contributed by atoms with E-state index in [1.807, 2.05) is 31.2 Å². The van der Waals surface area contributed by atoms with Gasteiger partial charge in [-0.05, 0) is 42.0 Å². The van der Waals surface area contributed by atoms with Crippen LogP contribution in [0.4, 0.5) is 5.69 Å². The second kappa shape index (κ2) is 9.68. The molecule has 3 aromatic rings. The Morgan fingerprint density at radius 3 is 2.15 bits per heavy atom. The van der Waals surface area contributed by atoms with E-state index in [0.717, 1.165) is 43.2 Å². The van der Waals surface area contributed by atoms with Gasteiger partial charge in [0.15, 0.2) is 11.0 Å². The van der Waals surface area contributed by atoms with Gasteiger partial charge in [0.2, 0.25) is 0 Å². The Balaban J connectivity index is 1.38. The molecule has 2 aromatic carbocycles. The third kappa shape index (κ3) is 4.25. The molecule has 0 aliphatic carbocycles. The molecule has 2 atom stereocenters. The number of fused-ring (bicyclic) bond motifs is 1. The highest BCUT2D eigenvalue weighted by Crippen LogP contribution is 2.41. The molecule has 2 unspecified atom stereocenters. The molecule has 178 valence electrons. The quantitative estimate of drug-likeness (QED) is 0.510. The van der Waals surface area contributed by atoms with Gasteiger partial charge in [-0.15, -0.1) is 5.10 Å². The van der Waals surface area contributed by atoms with Gasteiger partial charge in [0, 0.05) is 38.3 Å². The molecule has 2 aliphatic rings. The maximum absolute atomic E-state index is 13.4. The second-order valence-corrected chi connectivity index (χ2v) is 9.50. The SMILES string of the molecule is CCc1nc2n(n1)C(=O)C(C(c1ccc(OC)cc1)N1CCN(c3ccc(OC)cc3)CC1)S2. The first-order valence-corrected chi connectivity index (χ1v) is 12.4. The van der Waals surface area contributed by atoms with Crippen molar-refractivity contribution in [1.82, 2.24) is 19.7 Å². The number of methoxy groups -OCH3 is 2. The lowest BCUT2D eigenvalue weighted by Gasteiger charge is -2.41. The molecule has 34 heavy (non-hydrogen) atoms. The minimum Gasteiger partial charge on any atom is -0.497 e. The number of piperazine rings is 1. The number of rotatable bonds is 7. The molecule has 2 aliphatic heterocycles. The van der Waals surface area contributed by atoms with E-state index in [1.54, 1.807) is 14.2 Å². The van der Waals surface area contributed by atoms with Crippen molar-refractivity contribution in [3.05, 3.63) is 59.9 Å². The molecule has 0 N–H and O–H groups in total. The first-order valence-electron chi connectivity index (χ1n) is 11.5. The van der Waals surface area contributed by atoms with Gasteiger partial charge in [0.25, 0.3) is 5.91 Å². The van der Waals surface area contributed by atoms with Gasteiger partial charge in [-0.2, -0.15) is 4.68 Å². The van der Waals surface area contributed by atoms with E-state index in [2.05, 4.69) is 44.1 Å². The van der Waals surface area contributed by atoms with Crippen molar-refractivity contribution in [1.29, 1.82) is 0 Å². The first kappa shape index (κ1) is 22.7. The molecule has 9 heteroatoms. The number of aromatic nitrogens is 3. The number of carbonyl (C=O) groups excluding carboxylic acids is 1. The largest absolute Gasteiger partial charge is 0.497 e. The Morgan fingerprint density at radius 2 is 1.59 bits per heavy atom. The van der Waals surface area contributed by atoms with Crippen LogP contribution in [0.25, 0.3) is 0 Å². The van der Waals surface area contributed by atoms with Crippen LogP contribution in [-0.4, -0.2) is 71.2 Å². The summed E-state index contributed by atoms with van der Waals surface area (Å²) in [6, 6.07) is 16.2. The van der Waals surface area contributed by atoms with Crippen molar-refractivity contribution in [2.75, 3.05) is 45.3 Å². The summed E-state index contributed by atoms with van der Waals surface area (Å²) < 4.78 is 12.1. The van der Waals surface area contributed by atoms with E-state index in [-0.39, 0.29) is 17.2 Å². The van der Waals surface area contributed by atoms with Crippen LogP contribution in [-0.2, 0) is 6.42 Å². The zero-order valence-electron chi connectivity index (χ0n) is 19.7. The summed E-state index contributed by atoms with van der Waals surface area (Å²) in [5.74, 6) is 2.38. The van der Waals surface area contributed by atoms with Crippen molar-refractivity contribution in [2.24, 2.45) is 0 Å². The molecule has 1 saturated heterocycles. The number of nitrogens with zero attached hydrogens (tertiary/aromatic N) is 5. The monoisotopic (exact) mass is 479 g/mol. The molecule has 0 amide bonds. The standard InChI is InChI=1S/C25H29N5O3S/c1-4-21-26-25-30(27-21)24(31)23(34-25)22(17-5-9-19(32-2)10-6-17)29-15-13-28(14-16-29)18-7-11-20(33-3)12-8-18/h5-12,22-23H,4,13-16H2,1-3H3. The number of benzene rings is 2. The van der Waals surface area contributed by atoms with Crippen LogP contribution >= 0.6 is 11.8 Å². The first-order chi connectivity index (χ1) is 16.6. The number of carbonyl (C=O) groups is 1. The van der Waals surface area contributed by atoms with E-state index >= 15 is 0 Å². The van der Waals surface area contributed by atoms with Crippen LogP contribution < -0.4 is 14.4 Å². The van der Waals surface area contributed by atoms with Crippen LogP contribution in [0.2, 0.25) is 0 Å². The summed E-state index contributed by atoms with van der Waals surface area (Å²) in [5.41, 5.74) is 2.29. The van der Waals surface area contributed by atoms with Gasteiger partial charge in [0.05, 0.1) is 20.3 Å². The Hall–Kier alpha value is -3.04. The Labute approximate surface area is 203 Å². The van der Waals surface area contributed by atoms with Crippen molar-refractivity contribution in [2.45, 2.75) is 29.8 Å². The molecule has 3 heterocycles. The van der Waals surface area contributed by atoms with E-state index in [4.69, 9.17) is 9.47 Å². The van der Waals surface area contributed by atoms with Crippen molar-refractivity contribution in [3.8, 4) is 11.5 Å². The number of thioether (sulfide) groups is 1. The zero-order valence-corrected chi connectivity index (χ0v) is 20.5. The third-order valence-corrected chi connectivity index (χ3v) is 7.70. The smallest absolute Gasteiger partial charge is 0.264 e. The maximum Gasteiger partial charge on any atom is 0.264 e. The summed E-state index contributed by atoms with van der Waals surface area (Å²) in [4.78, 5) is 22.8. The fraction of sp³-hybridized carbons (Fsp3) is 0.400. The Morgan fingerprint density at radius 1 is 0.971 bits per heavy atom. The molecular formula is C25H29N5O3S. The predicted octanol–water partition coefficient (Wildman–Crippen LogP) is 3.54. The molecule has 1 fully saturated rings. The van der Waals surface area contributed by atoms with Gasteiger partial charge < -0.3 is 14.4 Å². The van der Waals surface area contributed by atoms with Gasteiger partial charge in [-0.25, -0.2) is 4.98 Å². The van der Waals surface area contributed by atoms with Crippen LogP contribution in [0.3, 0.4) is 0 Å². The lowest BCUT2D eigenvalue weighted by Crippen LogP contribution is -2.50. The van der Waals surface area contributed by atoms with Crippen molar-refractivity contribution >= 4 is 23.4 Å². The summed E-state index contributed by atoms with van der Waals surface area (Å²) in [6.07, 6.45) is 0.716. The lowest BCUT2D eigenvalue weighted by molar-refractivity contribution is 0.0830. The van der Waals surface area contributed by atoms with E-state index in [1.165, 1.54) is 22.1 Å². The molecule has 8 nitrogen and oxygen atoms in total. The fourth-order valence-electron chi connectivity index (χ4n) is 4.62. The molecule has 1 aromatic heterocycles. The van der Waals surface area contributed by atoms with E-state index < -0.39 is 0 Å². The second-order valence-electron chi connectivity index (χ2n) is 8.39. The summed E-state index contributed by atoms with van der Waals surface area (Å²) in [5, 5.41) is 4.84. The van der Waals surface area contributed by atoms with Gasteiger partial charge in [-0.1, -0.05) is 30.8 Å². The number of hydrogen-bond donors (Lipinski definition) is 0. The molecule has 0 spiro atoms. The molecule has 5 rings (SSSR count). The lowest BCUT2D eigenvalue weighted by atomic mass is 9.99. The topological polar surface area (TPSA) is 72.7 Å². The zero-order chi connectivity index (χ0) is 23.7. The van der Waals surface area contributed by atoms with Crippen LogP contribution in [0, 0.1) is 0 Å². The van der Waals surface area contributed by atoms with Crippen LogP contribution in [0.15, 0.2) is 53.7 Å². The fourth-order valence-corrected chi connectivity index (χ4v) is 5.90. The summed E-state index contributed by atoms with van der Waals surface area (Å²) in [7, 11) is 3.34. The summed E-state index contributed by atoms with van der Waals surface area (Å²) in [6.45, 7) is 5.47. The highest BCUT2D eigenvalue weighted by molar-refractivity contribution is 8.00. The van der Waals surface area contributed by atoms with Crippen molar-refractivity contribution in [3.63, 3.8) is 0 Å². The van der Waals surface area contributed by atoms with Gasteiger partial charge in [-0.3, -0.25) is 9.69 Å². The average molecular weight is 480 g/mol. The van der Waals surface area contributed by atoms with E-state index in [9.17, 15) is 4.79 Å². The summed E-state index contributed by atoms with van der Waals surface area (Å²) >= 11 is 1.53. The van der Waals surface area contributed by atoms with Crippen LogP contribution in [0.1, 0.15) is 29.1 Å². The van der Waals surface area contributed by atoms with Gasteiger partial charge in [0.1, 0.15) is 16.7 Å². The minimum atomic E-state index is -0.290. The predicted molar refractivity (Wildman–Crippen MR) is 132 cm³/mol. The number of hydrogen-bond acceptors (Lipinski definition) is 8. The molecule has 0 bridgehead atoms. The molecule has 0 saturated carbocycles. The highest BCUT2D eigenvalue weighted by atomic mass is 32.2. The normalized spacial score (nSPS) is 19.2. The minimum absolute atomic E-state index is 0.00519. The van der Waals surface area contributed by atoms with Crippen molar-refractivity contribution < 1.29 is 14.3 Å². The molecule has 0 radical (unpaired) electrons. The number of anilines is 1. The maximum atomic E-state index is 13.4. The molecular weight excluding hydrogens is 450 g/mol. The average Bonchev–Trinajstić information content (AvgIpc) is 3.44.